The highest BCUT2D eigenvalue weighted by Gasteiger charge is 2.07. The SMILES string of the molecule is COc1cccc2cc(-c3cccs3)[nH]c12. The summed E-state index contributed by atoms with van der Waals surface area (Å²) in [5.41, 5.74) is 2.21. The van der Waals surface area contributed by atoms with Gasteiger partial charge < -0.3 is 9.72 Å². The van der Waals surface area contributed by atoms with Gasteiger partial charge in [0.1, 0.15) is 5.75 Å². The Labute approximate surface area is 97.5 Å². The number of hydrogen-bond donors (Lipinski definition) is 1. The molecule has 0 aliphatic rings. The molecule has 2 heterocycles. The standard InChI is InChI=1S/C13H11NOS/c1-15-11-5-2-4-9-8-10(14-13(9)11)12-6-3-7-16-12/h2-8,14H,1H3. The van der Waals surface area contributed by atoms with Crippen LogP contribution in [0, 0.1) is 0 Å². The fraction of sp³-hybridized carbons (Fsp3) is 0.0769. The molecule has 16 heavy (non-hydrogen) atoms. The predicted octanol–water partition coefficient (Wildman–Crippen LogP) is 3.91. The largest absolute Gasteiger partial charge is 0.495 e. The van der Waals surface area contributed by atoms with Crippen molar-refractivity contribution in [3.8, 4) is 16.3 Å². The van der Waals surface area contributed by atoms with Gasteiger partial charge in [-0.15, -0.1) is 11.3 Å². The molecule has 0 aliphatic heterocycles. The number of aromatic amines is 1. The Morgan fingerprint density at radius 1 is 1.19 bits per heavy atom. The third-order valence-electron chi connectivity index (χ3n) is 2.62. The van der Waals surface area contributed by atoms with Crippen LogP contribution in [0.4, 0.5) is 0 Å². The smallest absolute Gasteiger partial charge is 0.142 e. The first-order chi connectivity index (χ1) is 7.88. The van der Waals surface area contributed by atoms with Gasteiger partial charge in [0.15, 0.2) is 0 Å². The molecule has 0 saturated carbocycles. The third-order valence-corrected chi connectivity index (χ3v) is 3.53. The van der Waals surface area contributed by atoms with Crippen molar-refractivity contribution >= 4 is 22.2 Å². The summed E-state index contributed by atoms with van der Waals surface area (Å²) in [6.45, 7) is 0. The molecule has 0 unspecified atom stereocenters. The lowest BCUT2D eigenvalue weighted by Crippen LogP contribution is -1.83. The van der Waals surface area contributed by atoms with Crippen LogP contribution in [0.3, 0.4) is 0 Å². The van der Waals surface area contributed by atoms with Crippen molar-refractivity contribution in [2.45, 2.75) is 0 Å². The van der Waals surface area contributed by atoms with Crippen molar-refractivity contribution in [2.75, 3.05) is 7.11 Å². The van der Waals surface area contributed by atoms with Crippen molar-refractivity contribution < 1.29 is 4.74 Å². The summed E-state index contributed by atoms with van der Waals surface area (Å²) in [6, 6.07) is 12.4. The molecule has 0 atom stereocenters. The maximum absolute atomic E-state index is 5.33. The molecule has 0 amide bonds. The van der Waals surface area contributed by atoms with Gasteiger partial charge in [0.25, 0.3) is 0 Å². The minimum Gasteiger partial charge on any atom is -0.495 e. The van der Waals surface area contributed by atoms with E-state index in [2.05, 4.69) is 34.6 Å². The van der Waals surface area contributed by atoms with Crippen LogP contribution in [0.5, 0.6) is 5.75 Å². The van der Waals surface area contributed by atoms with Crippen LogP contribution in [0.2, 0.25) is 0 Å². The minimum atomic E-state index is 0.889. The average molecular weight is 229 g/mol. The monoisotopic (exact) mass is 229 g/mol. The fourth-order valence-corrected chi connectivity index (χ4v) is 2.56. The van der Waals surface area contributed by atoms with E-state index >= 15 is 0 Å². The molecule has 0 fully saturated rings. The van der Waals surface area contributed by atoms with Gasteiger partial charge >= 0.3 is 0 Å². The Bertz CT molecular complexity index is 610. The number of H-pyrrole nitrogens is 1. The van der Waals surface area contributed by atoms with Gasteiger partial charge in [0.2, 0.25) is 0 Å². The summed E-state index contributed by atoms with van der Waals surface area (Å²) >= 11 is 1.73. The minimum absolute atomic E-state index is 0.889. The first-order valence-electron chi connectivity index (χ1n) is 5.08. The Morgan fingerprint density at radius 2 is 2.12 bits per heavy atom. The van der Waals surface area contributed by atoms with Crippen molar-refractivity contribution in [3.63, 3.8) is 0 Å². The van der Waals surface area contributed by atoms with E-state index in [9.17, 15) is 0 Å². The number of para-hydroxylation sites is 1. The molecule has 3 heteroatoms. The van der Waals surface area contributed by atoms with Gasteiger partial charge in [-0.3, -0.25) is 0 Å². The number of methoxy groups -OCH3 is 1. The normalized spacial score (nSPS) is 10.8. The maximum Gasteiger partial charge on any atom is 0.142 e. The summed E-state index contributed by atoms with van der Waals surface area (Å²) in [5.74, 6) is 0.889. The van der Waals surface area contributed by atoms with E-state index in [1.807, 2.05) is 12.1 Å². The van der Waals surface area contributed by atoms with Crippen LogP contribution in [0.15, 0.2) is 41.8 Å². The number of rotatable bonds is 2. The zero-order valence-electron chi connectivity index (χ0n) is 8.86. The van der Waals surface area contributed by atoms with Gasteiger partial charge in [-0.2, -0.15) is 0 Å². The molecular weight excluding hydrogens is 218 g/mol. The second-order valence-corrected chi connectivity index (χ2v) is 4.53. The molecular formula is C13H11NOS. The highest BCUT2D eigenvalue weighted by atomic mass is 32.1. The van der Waals surface area contributed by atoms with Crippen LogP contribution in [0.25, 0.3) is 21.5 Å². The molecule has 0 saturated heterocycles. The van der Waals surface area contributed by atoms with E-state index in [0.717, 1.165) is 17.0 Å². The molecule has 2 nitrogen and oxygen atoms in total. The van der Waals surface area contributed by atoms with Crippen molar-refractivity contribution in [1.82, 2.24) is 4.98 Å². The van der Waals surface area contributed by atoms with Gasteiger partial charge in [0.05, 0.1) is 23.2 Å². The molecule has 3 rings (SSSR count). The van der Waals surface area contributed by atoms with E-state index in [1.54, 1.807) is 18.4 Å². The molecule has 3 aromatic rings. The van der Waals surface area contributed by atoms with Crippen LogP contribution in [-0.2, 0) is 0 Å². The Morgan fingerprint density at radius 3 is 2.88 bits per heavy atom. The Balaban J connectivity index is 2.23. The number of thiophene rings is 1. The van der Waals surface area contributed by atoms with E-state index in [-0.39, 0.29) is 0 Å². The van der Waals surface area contributed by atoms with Gasteiger partial charge in [-0.25, -0.2) is 0 Å². The first kappa shape index (κ1) is 9.48. The first-order valence-corrected chi connectivity index (χ1v) is 5.96. The second-order valence-electron chi connectivity index (χ2n) is 3.58. The summed E-state index contributed by atoms with van der Waals surface area (Å²) in [6.07, 6.45) is 0. The van der Waals surface area contributed by atoms with Crippen LogP contribution < -0.4 is 4.74 Å². The molecule has 0 bridgehead atoms. The molecule has 1 N–H and O–H groups in total. The van der Waals surface area contributed by atoms with Gasteiger partial charge in [-0.1, -0.05) is 18.2 Å². The van der Waals surface area contributed by atoms with Gasteiger partial charge in [0, 0.05) is 5.39 Å². The average Bonchev–Trinajstić information content (AvgIpc) is 2.96. The predicted molar refractivity (Wildman–Crippen MR) is 68.2 cm³/mol. The summed E-state index contributed by atoms with van der Waals surface area (Å²) in [5, 5.41) is 3.26. The summed E-state index contributed by atoms with van der Waals surface area (Å²) < 4.78 is 5.33. The fourth-order valence-electron chi connectivity index (χ4n) is 1.86. The Hall–Kier alpha value is -1.74. The highest BCUT2D eigenvalue weighted by Crippen LogP contribution is 2.31. The van der Waals surface area contributed by atoms with E-state index in [4.69, 9.17) is 4.74 Å². The molecule has 1 aromatic carbocycles. The number of nitrogens with one attached hydrogen (secondary N) is 1. The molecule has 2 aromatic heterocycles. The lowest BCUT2D eigenvalue weighted by atomic mass is 10.2. The number of benzene rings is 1. The van der Waals surface area contributed by atoms with Crippen molar-refractivity contribution in [2.24, 2.45) is 0 Å². The van der Waals surface area contributed by atoms with Crippen LogP contribution >= 0.6 is 11.3 Å². The summed E-state index contributed by atoms with van der Waals surface area (Å²) in [4.78, 5) is 4.65. The molecule has 0 aliphatic carbocycles. The van der Waals surface area contributed by atoms with Crippen molar-refractivity contribution in [3.05, 3.63) is 41.8 Å². The summed E-state index contributed by atoms with van der Waals surface area (Å²) in [7, 11) is 1.69. The van der Waals surface area contributed by atoms with Crippen molar-refractivity contribution in [1.29, 1.82) is 0 Å². The van der Waals surface area contributed by atoms with Gasteiger partial charge in [-0.05, 0) is 23.6 Å². The quantitative estimate of drug-likeness (QED) is 0.708. The number of ether oxygens (including phenoxy) is 1. The van der Waals surface area contributed by atoms with Crippen LogP contribution in [0.1, 0.15) is 0 Å². The molecule has 0 radical (unpaired) electrons. The lowest BCUT2D eigenvalue weighted by molar-refractivity contribution is 0.419. The highest BCUT2D eigenvalue weighted by molar-refractivity contribution is 7.13. The molecule has 80 valence electrons. The molecule has 0 spiro atoms. The van der Waals surface area contributed by atoms with E-state index < -0.39 is 0 Å². The lowest BCUT2D eigenvalue weighted by Gasteiger charge is -1.99. The zero-order chi connectivity index (χ0) is 11.0. The maximum atomic E-state index is 5.33. The van der Waals surface area contributed by atoms with Crippen LogP contribution in [-0.4, -0.2) is 12.1 Å². The number of fused-ring (bicyclic) bond motifs is 1. The zero-order valence-corrected chi connectivity index (χ0v) is 9.67. The topological polar surface area (TPSA) is 25.0 Å². The number of hydrogen-bond acceptors (Lipinski definition) is 2. The number of aromatic nitrogens is 1. The van der Waals surface area contributed by atoms with E-state index in [0.29, 0.717) is 0 Å². The Kier molecular flexibility index (Phi) is 2.18. The second kappa shape index (κ2) is 3.68. The third kappa shape index (κ3) is 1.41. The van der Waals surface area contributed by atoms with E-state index in [1.165, 1.54) is 10.3 Å².